The van der Waals surface area contributed by atoms with Gasteiger partial charge in [-0.3, -0.25) is 4.79 Å². The molecule has 7 nitrogen and oxygen atoms in total. The first-order valence-electron chi connectivity index (χ1n) is 12.9. The van der Waals surface area contributed by atoms with Crippen molar-refractivity contribution in [2.45, 2.75) is 32.7 Å². The average molecular weight is 496 g/mol. The van der Waals surface area contributed by atoms with Crippen molar-refractivity contribution in [3.8, 4) is 11.9 Å². The molecule has 0 bridgehead atoms. The largest absolute Gasteiger partial charge is 0.480 e. The molecule has 0 spiro atoms. The zero-order valence-electron chi connectivity index (χ0n) is 21.8. The van der Waals surface area contributed by atoms with Crippen molar-refractivity contribution in [3.63, 3.8) is 0 Å². The summed E-state index contributed by atoms with van der Waals surface area (Å²) in [6, 6.07) is 15.4. The van der Waals surface area contributed by atoms with Gasteiger partial charge >= 0.3 is 0 Å². The average Bonchev–Trinajstić information content (AvgIpc) is 2.94. The maximum absolute atomic E-state index is 12.1. The molecule has 190 valence electrons. The molecular formula is C30H33N5O2. The Labute approximate surface area is 218 Å². The van der Waals surface area contributed by atoms with Crippen molar-refractivity contribution in [3.05, 3.63) is 71.3 Å². The lowest BCUT2D eigenvalue weighted by Gasteiger charge is -2.39. The molecule has 0 aliphatic carbocycles. The third-order valence-electron chi connectivity index (χ3n) is 7.59. The normalized spacial score (nSPS) is 15.5. The molecule has 1 aromatic heterocycles. The Morgan fingerprint density at radius 2 is 1.81 bits per heavy atom. The Morgan fingerprint density at radius 3 is 2.46 bits per heavy atom. The Morgan fingerprint density at radius 1 is 1.08 bits per heavy atom. The topological polar surface area (TPSA) is 72.7 Å². The van der Waals surface area contributed by atoms with Gasteiger partial charge in [0, 0.05) is 61.5 Å². The number of fused-ring (bicyclic) bond motifs is 2. The Bertz CT molecular complexity index is 1390. The first-order chi connectivity index (χ1) is 18.0. The van der Waals surface area contributed by atoms with Crippen LogP contribution in [0.25, 0.3) is 10.8 Å². The molecule has 37 heavy (non-hydrogen) atoms. The van der Waals surface area contributed by atoms with Gasteiger partial charge in [-0.25, -0.2) is 0 Å². The molecule has 0 saturated carbocycles. The van der Waals surface area contributed by atoms with Crippen LogP contribution < -0.4 is 14.5 Å². The van der Waals surface area contributed by atoms with Gasteiger partial charge in [-0.2, -0.15) is 10.2 Å². The molecule has 2 aliphatic rings. The number of hydrogen-bond acceptors (Lipinski definition) is 6. The smallest absolute Gasteiger partial charge is 0.246 e. The molecule has 2 aromatic carbocycles. The summed E-state index contributed by atoms with van der Waals surface area (Å²) in [5, 5.41) is 12.6. The van der Waals surface area contributed by atoms with Crippen molar-refractivity contribution in [2.24, 2.45) is 0 Å². The van der Waals surface area contributed by atoms with E-state index in [0.29, 0.717) is 50.1 Å². The van der Waals surface area contributed by atoms with Gasteiger partial charge < -0.3 is 19.4 Å². The van der Waals surface area contributed by atoms with Crippen molar-refractivity contribution < 1.29 is 9.53 Å². The summed E-state index contributed by atoms with van der Waals surface area (Å²) in [6.45, 7) is 12.1. The van der Waals surface area contributed by atoms with E-state index < -0.39 is 0 Å². The summed E-state index contributed by atoms with van der Waals surface area (Å²) in [6.07, 6.45) is 2.15. The van der Waals surface area contributed by atoms with Gasteiger partial charge in [0.25, 0.3) is 0 Å². The molecule has 7 heteroatoms. The second-order valence-corrected chi connectivity index (χ2v) is 9.95. The highest BCUT2D eigenvalue weighted by molar-refractivity contribution is 5.97. The standard InChI is InChI=1S/C30H33N5O2/c1-5-27(36)33-14-16-34(17-15-33)29-23-12-13-35(19-25(23)24(18-31)30(32-29)37-4)26-11-7-9-21-8-6-10-22(20(2)3)28(21)26/h5-11,20H,1,12-17,19H2,2-4H3. The summed E-state index contributed by atoms with van der Waals surface area (Å²) in [5.41, 5.74) is 5.14. The molecule has 1 fully saturated rings. The Balaban J connectivity index is 1.55. The van der Waals surface area contributed by atoms with Gasteiger partial charge in [0.2, 0.25) is 11.8 Å². The van der Waals surface area contributed by atoms with E-state index in [1.165, 1.54) is 28.1 Å². The Hall–Kier alpha value is -4.05. The Kier molecular flexibility index (Phi) is 6.75. The van der Waals surface area contributed by atoms with Gasteiger partial charge in [0.05, 0.1) is 7.11 Å². The maximum atomic E-state index is 12.1. The van der Waals surface area contributed by atoms with Crippen LogP contribution in [0.2, 0.25) is 0 Å². The van der Waals surface area contributed by atoms with Crippen LogP contribution in [0, 0.1) is 11.3 Å². The predicted octanol–water partition coefficient (Wildman–Crippen LogP) is 4.64. The number of rotatable bonds is 5. The number of pyridine rings is 1. The number of aromatic nitrogens is 1. The van der Waals surface area contributed by atoms with Crippen molar-refractivity contribution in [1.29, 1.82) is 5.26 Å². The first kappa shape index (κ1) is 24.6. The van der Waals surface area contributed by atoms with Crippen molar-refractivity contribution in [1.82, 2.24) is 9.88 Å². The molecule has 0 atom stereocenters. The monoisotopic (exact) mass is 495 g/mol. The molecule has 3 heterocycles. The van der Waals surface area contributed by atoms with Crippen LogP contribution in [0.4, 0.5) is 11.5 Å². The number of ether oxygens (including phenoxy) is 1. The zero-order chi connectivity index (χ0) is 26.1. The summed E-state index contributed by atoms with van der Waals surface area (Å²) in [7, 11) is 1.57. The first-order valence-corrected chi connectivity index (χ1v) is 12.9. The van der Waals surface area contributed by atoms with E-state index in [2.05, 4.69) is 72.7 Å². The predicted molar refractivity (Wildman–Crippen MR) is 147 cm³/mol. The number of benzene rings is 2. The van der Waals surface area contributed by atoms with Gasteiger partial charge in [0.1, 0.15) is 17.5 Å². The van der Waals surface area contributed by atoms with E-state index in [9.17, 15) is 10.1 Å². The van der Waals surface area contributed by atoms with Crippen LogP contribution in [-0.4, -0.2) is 55.6 Å². The third kappa shape index (κ3) is 4.37. The summed E-state index contributed by atoms with van der Waals surface area (Å²) < 4.78 is 5.62. The fourth-order valence-corrected chi connectivity index (χ4v) is 5.68. The van der Waals surface area contributed by atoms with Crippen molar-refractivity contribution in [2.75, 3.05) is 49.6 Å². The van der Waals surface area contributed by atoms with E-state index in [0.717, 1.165) is 29.9 Å². The minimum absolute atomic E-state index is 0.0430. The molecular weight excluding hydrogens is 462 g/mol. The van der Waals surface area contributed by atoms with Crippen LogP contribution in [0.15, 0.2) is 49.1 Å². The number of amides is 1. The number of piperazine rings is 1. The highest BCUT2D eigenvalue weighted by Crippen LogP contribution is 2.39. The number of hydrogen-bond donors (Lipinski definition) is 0. The SMILES string of the molecule is C=CC(=O)N1CCN(c2nc(OC)c(C#N)c3c2CCN(c2cccc4cccc(C(C)C)c24)C3)CC1. The second kappa shape index (κ2) is 10.1. The molecule has 1 amide bonds. The van der Waals surface area contributed by atoms with Gasteiger partial charge in [-0.1, -0.05) is 50.8 Å². The summed E-state index contributed by atoms with van der Waals surface area (Å²) in [5.74, 6) is 1.60. The second-order valence-electron chi connectivity index (χ2n) is 9.95. The zero-order valence-corrected chi connectivity index (χ0v) is 21.8. The van der Waals surface area contributed by atoms with Crippen LogP contribution in [0.3, 0.4) is 0 Å². The number of anilines is 2. The fraction of sp³-hybridized carbons (Fsp3) is 0.367. The maximum Gasteiger partial charge on any atom is 0.246 e. The molecule has 1 saturated heterocycles. The highest BCUT2D eigenvalue weighted by atomic mass is 16.5. The summed E-state index contributed by atoms with van der Waals surface area (Å²) >= 11 is 0. The lowest BCUT2D eigenvalue weighted by Crippen LogP contribution is -2.49. The molecule has 3 aromatic rings. The van der Waals surface area contributed by atoms with Gasteiger partial charge in [0.15, 0.2) is 0 Å². The molecule has 0 radical (unpaired) electrons. The lowest BCUT2D eigenvalue weighted by atomic mass is 9.92. The minimum atomic E-state index is -0.0430. The van der Waals surface area contributed by atoms with Crippen LogP contribution in [0.5, 0.6) is 5.88 Å². The van der Waals surface area contributed by atoms with E-state index in [1.54, 1.807) is 7.11 Å². The lowest BCUT2D eigenvalue weighted by molar-refractivity contribution is -0.126. The number of nitriles is 1. The van der Waals surface area contributed by atoms with Gasteiger partial charge in [-0.15, -0.1) is 0 Å². The quantitative estimate of drug-likeness (QED) is 0.481. The molecule has 0 unspecified atom stereocenters. The summed E-state index contributed by atoms with van der Waals surface area (Å²) in [4.78, 5) is 23.3. The van der Waals surface area contributed by atoms with E-state index >= 15 is 0 Å². The minimum Gasteiger partial charge on any atom is -0.480 e. The number of methoxy groups -OCH3 is 1. The molecule has 5 rings (SSSR count). The van der Waals surface area contributed by atoms with Gasteiger partial charge in [-0.05, 0) is 35.4 Å². The van der Waals surface area contributed by atoms with Crippen molar-refractivity contribution >= 4 is 28.2 Å². The fourth-order valence-electron chi connectivity index (χ4n) is 5.68. The number of nitrogens with zero attached hydrogens (tertiary/aromatic N) is 5. The van der Waals surface area contributed by atoms with Crippen LogP contribution in [0.1, 0.15) is 42.0 Å². The van der Waals surface area contributed by atoms with Crippen LogP contribution >= 0.6 is 0 Å². The number of carbonyl (C=O) groups is 1. The molecule has 0 N–H and O–H groups in total. The number of carbonyl (C=O) groups excluding carboxylic acids is 1. The van der Waals surface area contributed by atoms with E-state index in [4.69, 9.17) is 9.72 Å². The third-order valence-corrected chi connectivity index (χ3v) is 7.59. The van der Waals surface area contributed by atoms with E-state index in [1.807, 2.05) is 4.90 Å². The molecule has 2 aliphatic heterocycles. The van der Waals surface area contributed by atoms with Crippen LogP contribution in [-0.2, 0) is 17.8 Å². The highest BCUT2D eigenvalue weighted by Gasteiger charge is 2.31. The van der Waals surface area contributed by atoms with E-state index in [-0.39, 0.29) is 5.91 Å².